The Kier molecular flexibility index (Phi) is 4.36. The fourth-order valence-electron chi connectivity index (χ4n) is 4.44. The molecule has 6 heteroatoms. The zero-order valence-corrected chi connectivity index (χ0v) is 16.3. The number of nitrogens with zero attached hydrogens (tertiary/aromatic N) is 5. The van der Waals surface area contributed by atoms with E-state index in [-0.39, 0.29) is 5.91 Å². The van der Waals surface area contributed by atoms with Crippen LogP contribution in [0.2, 0.25) is 0 Å². The Morgan fingerprint density at radius 1 is 1.11 bits per heavy atom. The summed E-state index contributed by atoms with van der Waals surface area (Å²) in [6.45, 7) is 4.44. The highest BCUT2D eigenvalue weighted by molar-refractivity contribution is 5.97. The van der Waals surface area contributed by atoms with Crippen molar-refractivity contribution in [2.75, 3.05) is 13.1 Å². The Morgan fingerprint density at radius 3 is 2.79 bits per heavy atom. The minimum Gasteiger partial charge on any atom is -0.328 e. The molecule has 0 radical (unpaired) electrons. The SMILES string of the molecule is Cn1nc(CN2CCCCC2)c2c1CN(C(=O)c1cnc3ccccc3c1)C2. The Morgan fingerprint density at radius 2 is 1.93 bits per heavy atom. The average molecular weight is 375 g/mol. The monoisotopic (exact) mass is 375 g/mol. The largest absolute Gasteiger partial charge is 0.328 e. The van der Waals surface area contributed by atoms with E-state index in [2.05, 4.69) is 9.88 Å². The highest BCUT2D eigenvalue weighted by Gasteiger charge is 2.31. The molecule has 0 saturated carbocycles. The molecule has 4 heterocycles. The number of pyridine rings is 1. The van der Waals surface area contributed by atoms with Gasteiger partial charge in [-0.1, -0.05) is 24.6 Å². The van der Waals surface area contributed by atoms with Gasteiger partial charge in [0, 0.05) is 30.7 Å². The van der Waals surface area contributed by atoms with Gasteiger partial charge in [0.05, 0.1) is 35.6 Å². The summed E-state index contributed by atoms with van der Waals surface area (Å²) < 4.78 is 1.96. The second-order valence-electron chi connectivity index (χ2n) is 7.91. The molecule has 5 rings (SSSR count). The molecule has 28 heavy (non-hydrogen) atoms. The van der Waals surface area contributed by atoms with Gasteiger partial charge in [-0.05, 0) is 38.1 Å². The van der Waals surface area contributed by atoms with E-state index in [0.717, 1.165) is 41.9 Å². The number of amides is 1. The molecule has 2 aromatic heterocycles. The van der Waals surface area contributed by atoms with E-state index in [4.69, 9.17) is 5.10 Å². The van der Waals surface area contributed by atoms with Crippen LogP contribution in [-0.2, 0) is 26.7 Å². The molecule has 144 valence electrons. The zero-order chi connectivity index (χ0) is 19.1. The molecule has 0 unspecified atom stereocenters. The summed E-state index contributed by atoms with van der Waals surface area (Å²) in [5.74, 6) is 0.0402. The van der Waals surface area contributed by atoms with Crippen LogP contribution in [-0.4, -0.2) is 43.6 Å². The maximum atomic E-state index is 13.1. The summed E-state index contributed by atoms with van der Waals surface area (Å²) in [6, 6.07) is 9.85. The number of para-hydroxylation sites is 1. The van der Waals surface area contributed by atoms with E-state index in [0.29, 0.717) is 18.7 Å². The number of carbonyl (C=O) groups excluding carboxylic acids is 1. The van der Waals surface area contributed by atoms with Gasteiger partial charge in [0.25, 0.3) is 5.91 Å². The number of aryl methyl sites for hydroxylation is 1. The van der Waals surface area contributed by atoms with Crippen LogP contribution in [0.3, 0.4) is 0 Å². The molecule has 1 fully saturated rings. The number of carbonyl (C=O) groups is 1. The van der Waals surface area contributed by atoms with Crippen LogP contribution in [0.1, 0.15) is 46.6 Å². The number of fused-ring (bicyclic) bond motifs is 2. The number of benzene rings is 1. The molecule has 0 aliphatic carbocycles. The van der Waals surface area contributed by atoms with Crippen LogP contribution in [0.15, 0.2) is 36.5 Å². The second-order valence-corrected chi connectivity index (χ2v) is 7.91. The first kappa shape index (κ1) is 17.4. The first-order valence-electron chi connectivity index (χ1n) is 10.1. The van der Waals surface area contributed by atoms with Crippen LogP contribution >= 0.6 is 0 Å². The van der Waals surface area contributed by atoms with Gasteiger partial charge in [0.1, 0.15) is 0 Å². The molecule has 1 aromatic carbocycles. The smallest absolute Gasteiger partial charge is 0.256 e. The summed E-state index contributed by atoms with van der Waals surface area (Å²) in [5.41, 5.74) is 5.09. The zero-order valence-electron chi connectivity index (χ0n) is 16.3. The van der Waals surface area contributed by atoms with E-state index in [1.807, 2.05) is 47.0 Å². The second kappa shape index (κ2) is 7.02. The predicted octanol–water partition coefficient (Wildman–Crippen LogP) is 3.11. The normalized spacial score (nSPS) is 17.2. The third kappa shape index (κ3) is 3.07. The van der Waals surface area contributed by atoms with Gasteiger partial charge in [-0.3, -0.25) is 19.4 Å². The van der Waals surface area contributed by atoms with Crippen molar-refractivity contribution in [2.45, 2.75) is 38.9 Å². The highest BCUT2D eigenvalue weighted by Crippen LogP contribution is 2.28. The highest BCUT2D eigenvalue weighted by atomic mass is 16.2. The molecule has 0 atom stereocenters. The van der Waals surface area contributed by atoms with Crippen molar-refractivity contribution in [1.29, 1.82) is 0 Å². The summed E-state index contributed by atoms with van der Waals surface area (Å²) in [7, 11) is 1.99. The Labute approximate surface area is 164 Å². The fraction of sp³-hybridized carbons (Fsp3) is 0.409. The Bertz CT molecular complexity index is 1030. The van der Waals surface area contributed by atoms with Gasteiger partial charge in [-0.25, -0.2) is 0 Å². The minimum atomic E-state index is 0.0402. The van der Waals surface area contributed by atoms with E-state index in [1.165, 1.54) is 24.8 Å². The summed E-state index contributed by atoms with van der Waals surface area (Å²) >= 11 is 0. The van der Waals surface area contributed by atoms with Gasteiger partial charge in [0.2, 0.25) is 0 Å². The van der Waals surface area contributed by atoms with Crippen LogP contribution in [0.25, 0.3) is 10.9 Å². The Balaban J connectivity index is 1.36. The number of aromatic nitrogens is 3. The maximum Gasteiger partial charge on any atom is 0.256 e. The molecule has 0 bridgehead atoms. The van der Waals surface area contributed by atoms with Crippen molar-refractivity contribution in [2.24, 2.45) is 7.05 Å². The maximum absolute atomic E-state index is 13.1. The lowest BCUT2D eigenvalue weighted by molar-refractivity contribution is 0.0747. The lowest BCUT2D eigenvalue weighted by Crippen LogP contribution is -2.30. The fourth-order valence-corrected chi connectivity index (χ4v) is 4.44. The third-order valence-corrected chi connectivity index (χ3v) is 5.99. The molecule has 3 aromatic rings. The predicted molar refractivity (Wildman–Crippen MR) is 108 cm³/mol. The summed E-state index contributed by atoms with van der Waals surface area (Å²) in [5, 5.41) is 5.76. The number of hydrogen-bond donors (Lipinski definition) is 0. The van der Waals surface area contributed by atoms with E-state index >= 15 is 0 Å². The quantitative estimate of drug-likeness (QED) is 0.706. The number of hydrogen-bond acceptors (Lipinski definition) is 4. The Hall–Kier alpha value is -2.73. The first-order chi connectivity index (χ1) is 13.7. The van der Waals surface area contributed by atoms with Gasteiger partial charge in [-0.2, -0.15) is 5.10 Å². The molecule has 2 aliphatic heterocycles. The van der Waals surface area contributed by atoms with Gasteiger partial charge in [0.15, 0.2) is 0 Å². The average Bonchev–Trinajstić information content (AvgIpc) is 3.29. The minimum absolute atomic E-state index is 0.0402. The summed E-state index contributed by atoms with van der Waals surface area (Å²) in [4.78, 5) is 22.0. The van der Waals surface area contributed by atoms with Crippen molar-refractivity contribution in [3.8, 4) is 0 Å². The number of likely N-dealkylation sites (tertiary alicyclic amines) is 1. The van der Waals surface area contributed by atoms with Gasteiger partial charge < -0.3 is 4.90 Å². The van der Waals surface area contributed by atoms with Crippen molar-refractivity contribution in [3.05, 3.63) is 59.0 Å². The van der Waals surface area contributed by atoms with Crippen molar-refractivity contribution in [1.82, 2.24) is 24.6 Å². The lowest BCUT2D eigenvalue weighted by atomic mass is 10.1. The van der Waals surface area contributed by atoms with Crippen LogP contribution < -0.4 is 0 Å². The molecular formula is C22H25N5O. The van der Waals surface area contributed by atoms with Crippen molar-refractivity contribution >= 4 is 16.8 Å². The third-order valence-electron chi connectivity index (χ3n) is 5.99. The van der Waals surface area contributed by atoms with E-state index < -0.39 is 0 Å². The lowest BCUT2D eigenvalue weighted by Gasteiger charge is -2.26. The molecule has 0 N–H and O–H groups in total. The number of rotatable bonds is 3. The van der Waals surface area contributed by atoms with Crippen molar-refractivity contribution in [3.63, 3.8) is 0 Å². The standard InChI is InChI=1S/C22H25N5O/c1-25-21-15-27(13-18(21)20(24-25)14-26-9-5-2-6-10-26)22(28)17-11-16-7-3-4-8-19(16)23-12-17/h3-4,7-8,11-12H,2,5-6,9-10,13-15H2,1H3. The molecular weight excluding hydrogens is 350 g/mol. The first-order valence-corrected chi connectivity index (χ1v) is 10.1. The molecule has 0 spiro atoms. The van der Waals surface area contributed by atoms with Gasteiger partial charge >= 0.3 is 0 Å². The molecule has 1 saturated heterocycles. The topological polar surface area (TPSA) is 54.3 Å². The van der Waals surface area contributed by atoms with E-state index in [1.54, 1.807) is 6.20 Å². The summed E-state index contributed by atoms with van der Waals surface area (Å²) in [6.07, 6.45) is 5.57. The number of piperidine rings is 1. The van der Waals surface area contributed by atoms with Crippen LogP contribution in [0.5, 0.6) is 0 Å². The van der Waals surface area contributed by atoms with Crippen LogP contribution in [0, 0.1) is 0 Å². The van der Waals surface area contributed by atoms with Gasteiger partial charge in [-0.15, -0.1) is 0 Å². The molecule has 2 aliphatic rings. The van der Waals surface area contributed by atoms with Crippen LogP contribution in [0.4, 0.5) is 0 Å². The molecule has 1 amide bonds. The molecule has 6 nitrogen and oxygen atoms in total. The van der Waals surface area contributed by atoms with E-state index in [9.17, 15) is 4.79 Å². The van der Waals surface area contributed by atoms with Crippen molar-refractivity contribution < 1.29 is 4.79 Å².